The summed E-state index contributed by atoms with van der Waals surface area (Å²) in [5.74, 6) is -1.80. The summed E-state index contributed by atoms with van der Waals surface area (Å²) in [6, 6.07) is 15.1. The molecular weight excluding hydrogens is 447 g/mol. The predicted molar refractivity (Wildman–Crippen MR) is 132 cm³/mol. The number of nitrogens with two attached hydrogens (primary N) is 1. The second-order valence-electron chi connectivity index (χ2n) is 8.71. The molecule has 1 aliphatic rings. The summed E-state index contributed by atoms with van der Waals surface area (Å²) >= 11 is 0. The SMILES string of the molecule is N#CCC1(N/C=C(\C(=N)Nc2ccnc(F)c2)C(N)=O)CCN(Cc2cc3ccccc3[nH]2)CC1. The number of aromatic nitrogens is 2. The zero-order valence-electron chi connectivity index (χ0n) is 19.1. The van der Waals surface area contributed by atoms with Crippen molar-refractivity contribution in [2.24, 2.45) is 5.73 Å². The van der Waals surface area contributed by atoms with Gasteiger partial charge in [-0.3, -0.25) is 15.1 Å². The van der Waals surface area contributed by atoms with Crippen LogP contribution < -0.4 is 16.4 Å². The Morgan fingerprint density at radius 2 is 2.09 bits per heavy atom. The molecule has 35 heavy (non-hydrogen) atoms. The van der Waals surface area contributed by atoms with Gasteiger partial charge in [0.15, 0.2) is 0 Å². The number of fused-ring (bicyclic) bond motifs is 1. The van der Waals surface area contributed by atoms with Gasteiger partial charge in [-0.2, -0.15) is 9.65 Å². The number of rotatable bonds is 8. The maximum absolute atomic E-state index is 13.3. The van der Waals surface area contributed by atoms with E-state index in [4.69, 9.17) is 11.1 Å². The lowest BCUT2D eigenvalue weighted by molar-refractivity contribution is -0.114. The number of carbonyl (C=O) groups is 1. The van der Waals surface area contributed by atoms with Gasteiger partial charge in [0.25, 0.3) is 5.91 Å². The molecular formula is C25H27FN8O. The normalized spacial score (nSPS) is 15.9. The van der Waals surface area contributed by atoms with E-state index >= 15 is 0 Å². The fourth-order valence-electron chi connectivity index (χ4n) is 4.31. The van der Waals surface area contributed by atoms with Crippen LogP contribution >= 0.6 is 0 Å². The summed E-state index contributed by atoms with van der Waals surface area (Å²) in [4.78, 5) is 21.3. The number of amidine groups is 1. The number of carbonyl (C=O) groups excluding carboxylic acids is 1. The van der Waals surface area contributed by atoms with Crippen molar-refractivity contribution in [1.29, 1.82) is 10.7 Å². The van der Waals surface area contributed by atoms with E-state index in [1.165, 1.54) is 23.8 Å². The monoisotopic (exact) mass is 474 g/mol. The zero-order chi connectivity index (χ0) is 24.8. The Morgan fingerprint density at radius 3 is 2.77 bits per heavy atom. The second-order valence-corrected chi connectivity index (χ2v) is 8.71. The molecule has 3 aromatic rings. The standard InChI is InChI=1S/C25H27FN8O/c26-22-14-18(5-10-30-22)33-23(28)20(24(29)35)15-31-25(6-9-27)7-11-34(12-8-25)16-19-13-17-3-1-2-4-21(17)32-19/h1-5,10,13-15,31-32H,6-8,11-12,16H2,(H2,29,35)(H2,28,30,33)/b20-15+. The average molecular weight is 475 g/mol. The molecule has 9 nitrogen and oxygen atoms in total. The lowest BCUT2D eigenvalue weighted by Gasteiger charge is -2.41. The maximum atomic E-state index is 13.3. The number of halogens is 1. The van der Waals surface area contributed by atoms with Gasteiger partial charge in [-0.25, -0.2) is 4.98 Å². The highest BCUT2D eigenvalue weighted by atomic mass is 19.1. The molecule has 0 spiro atoms. The first kappa shape index (κ1) is 23.9. The van der Waals surface area contributed by atoms with Crippen LogP contribution in [0.2, 0.25) is 0 Å². The first-order valence-corrected chi connectivity index (χ1v) is 11.3. The number of nitrogens with zero attached hydrogens (tertiary/aromatic N) is 3. The van der Waals surface area contributed by atoms with Crippen LogP contribution in [0, 0.1) is 22.7 Å². The Morgan fingerprint density at radius 1 is 1.31 bits per heavy atom. The van der Waals surface area contributed by atoms with Crippen LogP contribution in [-0.4, -0.2) is 45.2 Å². The van der Waals surface area contributed by atoms with Crippen LogP contribution in [0.25, 0.3) is 10.9 Å². The van der Waals surface area contributed by atoms with Crippen molar-refractivity contribution in [1.82, 2.24) is 20.2 Å². The van der Waals surface area contributed by atoms with E-state index < -0.39 is 17.4 Å². The molecule has 0 saturated carbocycles. The molecule has 0 atom stereocenters. The molecule has 2 aromatic heterocycles. The first-order chi connectivity index (χ1) is 16.9. The number of hydrogen-bond acceptors (Lipinski definition) is 6. The van der Waals surface area contributed by atoms with E-state index in [-0.39, 0.29) is 23.5 Å². The van der Waals surface area contributed by atoms with Crippen LogP contribution in [0.1, 0.15) is 25.0 Å². The van der Waals surface area contributed by atoms with Crippen molar-refractivity contribution < 1.29 is 9.18 Å². The van der Waals surface area contributed by atoms with Gasteiger partial charge in [0, 0.05) is 55.0 Å². The molecule has 1 aromatic carbocycles. The van der Waals surface area contributed by atoms with Gasteiger partial charge in [0.05, 0.1) is 23.6 Å². The molecule has 4 rings (SSSR count). The molecule has 1 aliphatic heterocycles. The average Bonchev–Trinajstić information content (AvgIpc) is 3.23. The number of H-pyrrole nitrogens is 1. The zero-order valence-corrected chi connectivity index (χ0v) is 19.1. The molecule has 0 radical (unpaired) electrons. The number of likely N-dealkylation sites (tertiary alicyclic amines) is 1. The van der Waals surface area contributed by atoms with Crippen molar-refractivity contribution in [2.45, 2.75) is 31.3 Å². The van der Waals surface area contributed by atoms with E-state index in [9.17, 15) is 14.4 Å². The minimum absolute atomic E-state index is 0.0972. The van der Waals surface area contributed by atoms with Crippen molar-refractivity contribution in [3.63, 3.8) is 0 Å². The number of para-hydroxylation sites is 1. The van der Waals surface area contributed by atoms with E-state index in [0.29, 0.717) is 12.8 Å². The van der Waals surface area contributed by atoms with Crippen molar-refractivity contribution >= 4 is 28.3 Å². The van der Waals surface area contributed by atoms with Crippen molar-refractivity contribution in [3.8, 4) is 6.07 Å². The number of amides is 1. The number of piperidine rings is 1. The molecule has 10 heteroatoms. The molecule has 0 bridgehead atoms. The summed E-state index contributed by atoms with van der Waals surface area (Å²) in [6.45, 7) is 2.29. The van der Waals surface area contributed by atoms with Crippen LogP contribution in [0.5, 0.6) is 0 Å². The van der Waals surface area contributed by atoms with Gasteiger partial charge in [-0.1, -0.05) is 18.2 Å². The fourth-order valence-corrected chi connectivity index (χ4v) is 4.31. The summed E-state index contributed by atoms with van der Waals surface area (Å²) < 4.78 is 13.3. The number of nitrogens with one attached hydrogen (secondary N) is 4. The third-order valence-corrected chi connectivity index (χ3v) is 6.26. The van der Waals surface area contributed by atoms with Crippen LogP contribution in [0.15, 0.2) is 60.4 Å². The largest absolute Gasteiger partial charge is 0.384 e. The van der Waals surface area contributed by atoms with Crippen molar-refractivity contribution in [3.05, 3.63) is 72.1 Å². The minimum atomic E-state index is -0.812. The summed E-state index contributed by atoms with van der Waals surface area (Å²) in [5, 5.41) is 24.7. The van der Waals surface area contributed by atoms with Gasteiger partial charge in [-0.15, -0.1) is 0 Å². The lowest BCUT2D eigenvalue weighted by Crippen LogP contribution is -2.51. The van der Waals surface area contributed by atoms with Gasteiger partial charge in [0.1, 0.15) is 5.84 Å². The molecule has 1 amide bonds. The summed E-state index contributed by atoms with van der Waals surface area (Å²) in [6.07, 6.45) is 4.24. The first-order valence-electron chi connectivity index (χ1n) is 11.3. The molecule has 1 fully saturated rings. The molecule has 6 N–H and O–H groups in total. The predicted octanol–water partition coefficient (Wildman–Crippen LogP) is 3.00. The highest BCUT2D eigenvalue weighted by Crippen LogP contribution is 2.27. The van der Waals surface area contributed by atoms with Gasteiger partial charge < -0.3 is 21.4 Å². The molecule has 0 aliphatic carbocycles. The number of hydrogen-bond donors (Lipinski definition) is 5. The van der Waals surface area contributed by atoms with Crippen molar-refractivity contribution in [2.75, 3.05) is 18.4 Å². The quantitative estimate of drug-likeness (QED) is 0.147. The minimum Gasteiger partial charge on any atom is -0.384 e. The Labute approximate surface area is 202 Å². The van der Waals surface area contributed by atoms with E-state index in [1.807, 2.05) is 12.1 Å². The third-order valence-electron chi connectivity index (χ3n) is 6.26. The molecule has 1 saturated heterocycles. The number of primary amides is 1. The second kappa shape index (κ2) is 10.4. The molecule has 180 valence electrons. The maximum Gasteiger partial charge on any atom is 0.253 e. The van der Waals surface area contributed by atoms with Crippen LogP contribution in [-0.2, 0) is 11.3 Å². The van der Waals surface area contributed by atoms with Gasteiger partial charge >= 0.3 is 0 Å². The number of aromatic amines is 1. The number of benzene rings is 1. The topological polar surface area (TPSA) is 147 Å². The smallest absolute Gasteiger partial charge is 0.253 e. The van der Waals surface area contributed by atoms with Crippen LogP contribution in [0.4, 0.5) is 10.1 Å². The molecule has 0 unspecified atom stereocenters. The highest BCUT2D eigenvalue weighted by molar-refractivity contribution is 6.23. The third kappa shape index (κ3) is 5.83. The lowest BCUT2D eigenvalue weighted by atomic mass is 9.84. The Bertz CT molecular complexity index is 1270. The number of pyridine rings is 1. The molecule has 3 heterocycles. The Balaban J connectivity index is 1.41. The van der Waals surface area contributed by atoms with Gasteiger partial charge in [0.2, 0.25) is 5.95 Å². The summed E-state index contributed by atoms with van der Waals surface area (Å²) in [5.41, 5.74) is 7.37. The van der Waals surface area contributed by atoms with E-state index in [1.54, 1.807) is 0 Å². The van der Waals surface area contributed by atoms with Crippen LogP contribution in [0.3, 0.4) is 0 Å². The van der Waals surface area contributed by atoms with E-state index in [0.717, 1.165) is 36.9 Å². The number of nitriles is 1. The van der Waals surface area contributed by atoms with Gasteiger partial charge in [-0.05, 0) is 36.4 Å². The van der Waals surface area contributed by atoms with E-state index in [2.05, 4.69) is 49.8 Å². The Kier molecular flexibility index (Phi) is 7.08. The highest BCUT2D eigenvalue weighted by Gasteiger charge is 2.34. The fraction of sp³-hybridized carbons (Fsp3) is 0.280. The Hall–Kier alpha value is -4.23. The number of anilines is 1. The summed E-state index contributed by atoms with van der Waals surface area (Å²) in [7, 11) is 0.